The van der Waals surface area contributed by atoms with E-state index < -0.39 is 0 Å². The summed E-state index contributed by atoms with van der Waals surface area (Å²) in [6.45, 7) is 2.15. The van der Waals surface area contributed by atoms with Crippen LogP contribution in [0.4, 0.5) is 0 Å². The molecule has 0 spiro atoms. The SMILES string of the molecule is CN=C(C)C1CCSc2[nH]c3ccccc3c21. The quantitative estimate of drug-likeness (QED) is 0.758. The summed E-state index contributed by atoms with van der Waals surface area (Å²) < 4.78 is 0. The van der Waals surface area contributed by atoms with Crippen LogP contribution in [0, 0.1) is 0 Å². The van der Waals surface area contributed by atoms with Crippen LogP contribution in [0.3, 0.4) is 0 Å². The molecule has 1 aromatic carbocycles. The van der Waals surface area contributed by atoms with E-state index in [1.54, 1.807) is 0 Å². The lowest BCUT2D eigenvalue weighted by molar-refractivity contribution is 0.812. The second kappa shape index (κ2) is 4.22. The number of nitrogens with one attached hydrogen (secondary N) is 1. The van der Waals surface area contributed by atoms with Crippen molar-refractivity contribution < 1.29 is 0 Å². The Kier molecular flexibility index (Phi) is 2.71. The first-order chi connectivity index (χ1) is 8.31. The van der Waals surface area contributed by atoms with Crippen molar-refractivity contribution in [1.82, 2.24) is 4.98 Å². The van der Waals surface area contributed by atoms with Gasteiger partial charge in [-0.15, -0.1) is 11.8 Å². The molecule has 2 nitrogen and oxygen atoms in total. The normalized spacial score (nSPS) is 20.6. The second-order valence-corrected chi connectivity index (χ2v) is 5.57. The van der Waals surface area contributed by atoms with E-state index in [0.717, 1.165) is 0 Å². The molecule has 0 aliphatic carbocycles. The van der Waals surface area contributed by atoms with Crippen molar-refractivity contribution in [2.24, 2.45) is 4.99 Å². The van der Waals surface area contributed by atoms with Gasteiger partial charge in [0.15, 0.2) is 0 Å². The molecular formula is C14H16N2S. The van der Waals surface area contributed by atoms with Gasteiger partial charge in [-0.2, -0.15) is 0 Å². The highest BCUT2D eigenvalue weighted by atomic mass is 32.2. The third-order valence-electron chi connectivity index (χ3n) is 3.57. The highest BCUT2D eigenvalue weighted by Gasteiger charge is 2.26. The van der Waals surface area contributed by atoms with Gasteiger partial charge in [0.1, 0.15) is 0 Å². The fourth-order valence-corrected chi connectivity index (χ4v) is 3.74. The molecule has 0 saturated heterocycles. The minimum Gasteiger partial charge on any atom is -0.349 e. The van der Waals surface area contributed by atoms with Crippen molar-refractivity contribution in [2.45, 2.75) is 24.3 Å². The molecule has 0 amide bonds. The summed E-state index contributed by atoms with van der Waals surface area (Å²) in [6.07, 6.45) is 1.20. The van der Waals surface area contributed by atoms with Crippen molar-refractivity contribution in [3.05, 3.63) is 29.8 Å². The molecule has 1 atom stereocenters. The molecule has 0 saturated carbocycles. The van der Waals surface area contributed by atoms with Gasteiger partial charge in [0.05, 0.1) is 5.03 Å². The molecule has 17 heavy (non-hydrogen) atoms. The van der Waals surface area contributed by atoms with Crippen LogP contribution in [0.25, 0.3) is 10.9 Å². The number of aromatic nitrogens is 1. The number of para-hydroxylation sites is 1. The number of rotatable bonds is 1. The number of nitrogens with zero attached hydrogens (tertiary/aromatic N) is 1. The van der Waals surface area contributed by atoms with E-state index in [-0.39, 0.29) is 0 Å². The number of aromatic amines is 1. The molecule has 1 N–H and O–H groups in total. The largest absolute Gasteiger partial charge is 0.349 e. The minimum atomic E-state index is 0.493. The predicted molar refractivity (Wildman–Crippen MR) is 75.4 cm³/mol. The van der Waals surface area contributed by atoms with Crippen LogP contribution < -0.4 is 0 Å². The third-order valence-corrected chi connectivity index (χ3v) is 4.62. The molecule has 0 fully saturated rings. The summed E-state index contributed by atoms with van der Waals surface area (Å²) in [5.74, 6) is 1.67. The zero-order valence-electron chi connectivity index (χ0n) is 10.2. The standard InChI is InChI=1S/C14H16N2S/c1-9(15-2)10-7-8-17-14-13(10)11-5-3-4-6-12(11)16-14/h3-6,10,16H,7-8H2,1-2H3. The van der Waals surface area contributed by atoms with Crippen molar-refractivity contribution in [3.8, 4) is 0 Å². The molecule has 3 heteroatoms. The Labute approximate surface area is 106 Å². The molecular weight excluding hydrogens is 228 g/mol. The number of hydrogen-bond donors (Lipinski definition) is 1. The Hall–Kier alpha value is -1.22. The number of fused-ring (bicyclic) bond motifs is 3. The van der Waals surface area contributed by atoms with Crippen LogP contribution in [0.2, 0.25) is 0 Å². The Bertz CT molecular complexity index is 583. The highest BCUT2D eigenvalue weighted by molar-refractivity contribution is 7.99. The monoisotopic (exact) mass is 244 g/mol. The van der Waals surface area contributed by atoms with Crippen LogP contribution in [0.1, 0.15) is 24.8 Å². The summed E-state index contributed by atoms with van der Waals surface area (Å²) in [6, 6.07) is 8.58. The molecule has 0 bridgehead atoms. The van der Waals surface area contributed by atoms with E-state index >= 15 is 0 Å². The third kappa shape index (κ3) is 1.69. The number of hydrogen-bond acceptors (Lipinski definition) is 2. The Balaban J connectivity index is 2.24. The highest BCUT2D eigenvalue weighted by Crippen LogP contribution is 2.42. The van der Waals surface area contributed by atoms with Gasteiger partial charge in [-0.3, -0.25) is 4.99 Å². The fraction of sp³-hybridized carbons (Fsp3) is 0.357. The Morgan fingerprint density at radius 2 is 2.24 bits per heavy atom. The zero-order chi connectivity index (χ0) is 11.8. The van der Waals surface area contributed by atoms with Gasteiger partial charge in [0.25, 0.3) is 0 Å². The zero-order valence-corrected chi connectivity index (χ0v) is 11.0. The number of thioether (sulfide) groups is 1. The predicted octanol–water partition coefficient (Wildman–Crippen LogP) is 3.84. The topological polar surface area (TPSA) is 28.1 Å². The number of benzene rings is 1. The van der Waals surface area contributed by atoms with Crippen molar-refractivity contribution >= 4 is 28.4 Å². The van der Waals surface area contributed by atoms with Crippen LogP contribution >= 0.6 is 11.8 Å². The van der Waals surface area contributed by atoms with Gasteiger partial charge in [-0.1, -0.05) is 18.2 Å². The van der Waals surface area contributed by atoms with Crippen molar-refractivity contribution in [3.63, 3.8) is 0 Å². The van der Waals surface area contributed by atoms with Crippen LogP contribution in [-0.2, 0) is 0 Å². The van der Waals surface area contributed by atoms with E-state index in [9.17, 15) is 0 Å². The second-order valence-electron chi connectivity index (χ2n) is 4.47. The van der Waals surface area contributed by atoms with Gasteiger partial charge in [-0.05, 0) is 19.4 Å². The van der Waals surface area contributed by atoms with Crippen LogP contribution in [0.5, 0.6) is 0 Å². The maximum atomic E-state index is 4.39. The van der Waals surface area contributed by atoms with Crippen LogP contribution in [0.15, 0.2) is 34.3 Å². The van der Waals surface area contributed by atoms with Gasteiger partial charge in [-0.25, -0.2) is 0 Å². The molecule has 1 aliphatic heterocycles. The summed E-state index contributed by atoms with van der Waals surface area (Å²) >= 11 is 1.94. The first kappa shape index (κ1) is 10.9. The lowest BCUT2D eigenvalue weighted by atomic mass is 9.91. The van der Waals surface area contributed by atoms with Gasteiger partial charge >= 0.3 is 0 Å². The maximum absolute atomic E-state index is 4.39. The average molecular weight is 244 g/mol. The fourth-order valence-electron chi connectivity index (χ4n) is 2.60. The van der Waals surface area contributed by atoms with Gasteiger partial charge in [0, 0.05) is 40.9 Å². The van der Waals surface area contributed by atoms with E-state index in [0.29, 0.717) is 5.92 Å². The van der Waals surface area contributed by atoms with Gasteiger partial charge < -0.3 is 4.98 Å². The maximum Gasteiger partial charge on any atom is 0.0771 e. The Morgan fingerprint density at radius 3 is 3.06 bits per heavy atom. The lowest BCUT2D eigenvalue weighted by Crippen LogP contribution is -2.14. The summed E-state index contributed by atoms with van der Waals surface area (Å²) in [4.78, 5) is 7.92. The first-order valence-corrected chi connectivity index (χ1v) is 6.96. The molecule has 88 valence electrons. The minimum absolute atomic E-state index is 0.493. The van der Waals surface area contributed by atoms with Crippen LogP contribution in [-0.4, -0.2) is 23.5 Å². The van der Waals surface area contributed by atoms with Crippen molar-refractivity contribution in [1.29, 1.82) is 0 Å². The average Bonchev–Trinajstić information content (AvgIpc) is 2.76. The molecule has 1 aliphatic rings. The summed E-state index contributed by atoms with van der Waals surface area (Å²) in [7, 11) is 1.89. The van der Waals surface area contributed by atoms with E-state index in [1.165, 1.54) is 39.4 Å². The molecule has 1 unspecified atom stereocenters. The lowest BCUT2D eigenvalue weighted by Gasteiger charge is -2.22. The molecule has 1 aromatic heterocycles. The summed E-state index contributed by atoms with van der Waals surface area (Å²) in [5, 5.41) is 2.70. The summed E-state index contributed by atoms with van der Waals surface area (Å²) in [5.41, 5.74) is 3.96. The number of aliphatic imine (C=N–C) groups is 1. The number of H-pyrrole nitrogens is 1. The van der Waals surface area contributed by atoms with E-state index in [2.05, 4.69) is 41.2 Å². The molecule has 3 rings (SSSR count). The molecule has 2 heterocycles. The van der Waals surface area contributed by atoms with E-state index in [1.807, 2.05) is 18.8 Å². The van der Waals surface area contributed by atoms with Crippen molar-refractivity contribution in [2.75, 3.05) is 12.8 Å². The molecule has 2 aromatic rings. The smallest absolute Gasteiger partial charge is 0.0771 e. The first-order valence-electron chi connectivity index (χ1n) is 5.98. The Morgan fingerprint density at radius 1 is 1.41 bits per heavy atom. The van der Waals surface area contributed by atoms with Gasteiger partial charge in [0.2, 0.25) is 0 Å². The molecule has 0 radical (unpaired) electrons. The van der Waals surface area contributed by atoms with E-state index in [4.69, 9.17) is 0 Å².